The quantitative estimate of drug-likeness (QED) is 0.660. The van der Waals surface area contributed by atoms with E-state index in [1.807, 2.05) is 31.2 Å². The van der Waals surface area contributed by atoms with Gasteiger partial charge in [-0.3, -0.25) is 9.69 Å². The number of piperazine rings is 1. The van der Waals surface area contributed by atoms with Crippen molar-refractivity contribution in [1.82, 2.24) is 10.2 Å². The van der Waals surface area contributed by atoms with Gasteiger partial charge in [-0.25, -0.2) is 0 Å². The summed E-state index contributed by atoms with van der Waals surface area (Å²) in [5, 5.41) is 3.13. The maximum absolute atomic E-state index is 12.2. The second-order valence-corrected chi connectivity index (χ2v) is 7.86. The van der Waals surface area contributed by atoms with Crippen LogP contribution >= 0.6 is 0 Å². The van der Waals surface area contributed by atoms with Crippen molar-refractivity contribution in [2.24, 2.45) is 0 Å². The van der Waals surface area contributed by atoms with E-state index >= 15 is 0 Å². The number of carbonyl (C=O) groups is 1. The van der Waals surface area contributed by atoms with E-state index in [-0.39, 0.29) is 11.9 Å². The number of anilines is 1. The Morgan fingerprint density at radius 3 is 2.55 bits per heavy atom. The number of nitrogens with zero attached hydrogens (tertiary/aromatic N) is 2. The summed E-state index contributed by atoms with van der Waals surface area (Å²) in [5.41, 5.74) is 2.47. The molecule has 0 bridgehead atoms. The molecule has 156 valence electrons. The van der Waals surface area contributed by atoms with E-state index < -0.39 is 0 Å². The first-order valence-electron chi connectivity index (χ1n) is 10.6. The van der Waals surface area contributed by atoms with Crippen molar-refractivity contribution in [2.45, 2.75) is 32.7 Å². The zero-order chi connectivity index (χ0) is 20.5. The number of hydrogen-bond donors (Lipinski definition) is 1. The number of para-hydroxylation sites is 1. The van der Waals surface area contributed by atoms with Crippen LogP contribution in [0.2, 0.25) is 0 Å². The molecule has 1 N–H and O–H groups in total. The Balaban J connectivity index is 1.29. The summed E-state index contributed by atoms with van der Waals surface area (Å²) in [4.78, 5) is 17.1. The molecular formula is C24H33N3O2. The molecule has 1 saturated heterocycles. The van der Waals surface area contributed by atoms with Gasteiger partial charge in [0, 0.05) is 50.9 Å². The van der Waals surface area contributed by atoms with Crippen LogP contribution in [0.3, 0.4) is 0 Å². The van der Waals surface area contributed by atoms with Crippen LogP contribution in [0.4, 0.5) is 5.69 Å². The summed E-state index contributed by atoms with van der Waals surface area (Å²) in [6, 6.07) is 18.7. The molecule has 2 aromatic carbocycles. The monoisotopic (exact) mass is 395 g/mol. The van der Waals surface area contributed by atoms with Crippen molar-refractivity contribution < 1.29 is 9.53 Å². The number of nitrogens with one attached hydrogen (secondary N) is 1. The fourth-order valence-corrected chi connectivity index (χ4v) is 3.74. The maximum Gasteiger partial charge on any atom is 0.220 e. The summed E-state index contributed by atoms with van der Waals surface area (Å²) >= 11 is 0. The molecule has 1 aliphatic rings. The lowest BCUT2D eigenvalue weighted by Gasteiger charge is -2.37. The average Bonchev–Trinajstić information content (AvgIpc) is 2.72. The molecule has 1 atom stereocenters. The van der Waals surface area contributed by atoms with Crippen LogP contribution in [0, 0.1) is 6.92 Å². The van der Waals surface area contributed by atoms with Crippen LogP contribution in [0.25, 0.3) is 0 Å². The van der Waals surface area contributed by atoms with Crippen molar-refractivity contribution >= 4 is 11.6 Å². The van der Waals surface area contributed by atoms with Gasteiger partial charge in [-0.15, -0.1) is 0 Å². The molecule has 1 aliphatic heterocycles. The maximum atomic E-state index is 12.2. The standard InChI is InChI=1S/C24H33N3O2/c1-20-8-6-11-23(18-20)29-17-7-12-24(28)25-21(2)19-26-13-15-27(16-14-26)22-9-4-3-5-10-22/h3-6,8-11,18,21H,7,12-17,19H2,1-2H3,(H,25,28). The third-order valence-corrected chi connectivity index (χ3v) is 5.24. The van der Waals surface area contributed by atoms with Gasteiger partial charge in [0.2, 0.25) is 5.91 Å². The number of benzene rings is 2. The lowest BCUT2D eigenvalue weighted by Crippen LogP contribution is -2.50. The first-order valence-corrected chi connectivity index (χ1v) is 10.6. The Morgan fingerprint density at radius 1 is 1.07 bits per heavy atom. The first kappa shape index (κ1) is 21.2. The van der Waals surface area contributed by atoms with Gasteiger partial charge in [0.1, 0.15) is 5.75 Å². The molecule has 0 radical (unpaired) electrons. The number of hydrogen-bond acceptors (Lipinski definition) is 4. The largest absolute Gasteiger partial charge is 0.494 e. The van der Waals surface area contributed by atoms with Gasteiger partial charge in [-0.2, -0.15) is 0 Å². The predicted octanol–water partition coefficient (Wildman–Crippen LogP) is 3.48. The molecule has 1 amide bonds. The Kier molecular flexibility index (Phi) is 7.94. The van der Waals surface area contributed by atoms with Crippen LogP contribution in [-0.2, 0) is 4.79 Å². The Bertz CT molecular complexity index is 758. The van der Waals surface area contributed by atoms with E-state index in [9.17, 15) is 4.79 Å². The highest BCUT2D eigenvalue weighted by molar-refractivity contribution is 5.76. The van der Waals surface area contributed by atoms with E-state index in [0.29, 0.717) is 13.0 Å². The van der Waals surface area contributed by atoms with Crippen molar-refractivity contribution in [2.75, 3.05) is 44.2 Å². The molecule has 5 nitrogen and oxygen atoms in total. The summed E-state index contributed by atoms with van der Waals surface area (Å²) < 4.78 is 5.72. The van der Waals surface area contributed by atoms with Gasteiger partial charge < -0.3 is 15.0 Å². The van der Waals surface area contributed by atoms with Crippen molar-refractivity contribution in [1.29, 1.82) is 0 Å². The summed E-state index contributed by atoms with van der Waals surface area (Å²) in [7, 11) is 0. The van der Waals surface area contributed by atoms with Crippen molar-refractivity contribution in [3.05, 3.63) is 60.2 Å². The SMILES string of the molecule is Cc1cccc(OCCCC(=O)NC(C)CN2CCN(c3ccccc3)CC2)c1. The van der Waals surface area contributed by atoms with E-state index in [2.05, 4.69) is 52.4 Å². The molecule has 5 heteroatoms. The van der Waals surface area contributed by atoms with Crippen molar-refractivity contribution in [3.8, 4) is 5.75 Å². The zero-order valence-corrected chi connectivity index (χ0v) is 17.6. The number of rotatable bonds is 9. The smallest absolute Gasteiger partial charge is 0.220 e. The Hall–Kier alpha value is -2.53. The van der Waals surface area contributed by atoms with Crippen LogP contribution in [0.5, 0.6) is 5.75 Å². The van der Waals surface area contributed by atoms with Gasteiger partial charge in [-0.05, 0) is 50.1 Å². The van der Waals surface area contributed by atoms with E-state index in [4.69, 9.17) is 4.74 Å². The summed E-state index contributed by atoms with van der Waals surface area (Å²) in [6.45, 7) is 9.70. The van der Waals surface area contributed by atoms with Gasteiger partial charge >= 0.3 is 0 Å². The molecule has 1 heterocycles. The highest BCUT2D eigenvalue weighted by atomic mass is 16.5. The van der Waals surface area contributed by atoms with Gasteiger partial charge in [0.05, 0.1) is 6.61 Å². The second kappa shape index (κ2) is 10.9. The zero-order valence-electron chi connectivity index (χ0n) is 17.6. The minimum Gasteiger partial charge on any atom is -0.494 e. The molecule has 1 fully saturated rings. The molecule has 29 heavy (non-hydrogen) atoms. The van der Waals surface area contributed by atoms with Crippen LogP contribution in [-0.4, -0.2) is 56.2 Å². The molecule has 0 spiro atoms. The Labute approximate surface area is 174 Å². The fourth-order valence-electron chi connectivity index (χ4n) is 3.74. The van der Waals surface area contributed by atoms with Gasteiger partial charge in [0.25, 0.3) is 0 Å². The first-order chi connectivity index (χ1) is 14.1. The third kappa shape index (κ3) is 7.09. The summed E-state index contributed by atoms with van der Waals surface area (Å²) in [5.74, 6) is 0.974. The number of carbonyl (C=O) groups excluding carboxylic acids is 1. The van der Waals surface area contributed by atoms with Crippen LogP contribution < -0.4 is 15.0 Å². The van der Waals surface area contributed by atoms with Gasteiger partial charge in [0.15, 0.2) is 0 Å². The molecule has 0 aromatic heterocycles. The molecular weight excluding hydrogens is 362 g/mol. The fraction of sp³-hybridized carbons (Fsp3) is 0.458. The van der Waals surface area contributed by atoms with E-state index in [1.165, 1.54) is 11.3 Å². The Morgan fingerprint density at radius 2 is 1.83 bits per heavy atom. The normalized spacial score (nSPS) is 15.7. The minimum absolute atomic E-state index is 0.105. The second-order valence-electron chi connectivity index (χ2n) is 7.86. The number of aryl methyl sites for hydroxylation is 1. The van der Waals surface area contributed by atoms with Crippen LogP contribution in [0.15, 0.2) is 54.6 Å². The topological polar surface area (TPSA) is 44.8 Å². The number of amides is 1. The number of ether oxygens (including phenoxy) is 1. The van der Waals surface area contributed by atoms with E-state index in [1.54, 1.807) is 0 Å². The molecule has 0 aliphatic carbocycles. The highest BCUT2D eigenvalue weighted by Crippen LogP contribution is 2.16. The summed E-state index contributed by atoms with van der Waals surface area (Å²) in [6.07, 6.45) is 1.22. The minimum atomic E-state index is 0.105. The van der Waals surface area contributed by atoms with Crippen LogP contribution in [0.1, 0.15) is 25.3 Å². The molecule has 1 unspecified atom stereocenters. The average molecular weight is 396 g/mol. The highest BCUT2D eigenvalue weighted by Gasteiger charge is 2.19. The molecule has 2 aromatic rings. The molecule has 0 saturated carbocycles. The molecule has 3 rings (SSSR count). The third-order valence-electron chi connectivity index (χ3n) is 5.24. The van der Waals surface area contributed by atoms with E-state index in [0.717, 1.165) is 44.9 Å². The lowest BCUT2D eigenvalue weighted by molar-refractivity contribution is -0.122. The lowest BCUT2D eigenvalue weighted by atomic mass is 10.2. The van der Waals surface area contributed by atoms with Gasteiger partial charge in [-0.1, -0.05) is 30.3 Å². The van der Waals surface area contributed by atoms with Crippen molar-refractivity contribution in [3.63, 3.8) is 0 Å². The predicted molar refractivity (Wildman–Crippen MR) is 119 cm³/mol.